The molecule has 1 heterocycles. The lowest BCUT2D eigenvalue weighted by Gasteiger charge is -2.13. The minimum atomic E-state index is -0.506. The lowest BCUT2D eigenvalue weighted by molar-refractivity contribution is 0.194. The van der Waals surface area contributed by atoms with Crippen molar-refractivity contribution >= 4 is 29.3 Å². The third kappa shape index (κ3) is 4.74. The van der Waals surface area contributed by atoms with E-state index in [4.69, 9.17) is 16.3 Å². The van der Waals surface area contributed by atoms with Crippen molar-refractivity contribution in [3.63, 3.8) is 0 Å². The van der Waals surface area contributed by atoms with Crippen molar-refractivity contribution in [1.82, 2.24) is 15.5 Å². The van der Waals surface area contributed by atoms with Gasteiger partial charge in [-0.3, -0.25) is 5.10 Å². The maximum atomic E-state index is 12.5. The fourth-order valence-electron chi connectivity index (χ4n) is 3.70. The van der Waals surface area contributed by atoms with E-state index in [1.807, 2.05) is 61.5 Å². The van der Waals surface area contributed by atoms with Gasteiger partial charge < -0.3 is 10.1 Å². The first-order chi connectivity index (χ1) is 14.6. The third-order valence-corrected chi connectivity index (χ3v) is 5.56. The number of hydrogen-bond acceptors (Lipinski definition) is 3. The first-order valence-corrected chi connectivity index (χ1v) is 10.5. The van der Waals surface area contributed by atoms with Crippen molar-refractivity contribution in [3.05, 3.63) is 82.0 Å². The molecule has 2 N–H and O–H groups in total. The molecule has 2 aromatic carbocycles. The second-order valence-corrected chi connectivity index (χ2v) is 7.91. The molecule has 0 saturated carbocycles. The van der Waals surface area contributed by atoms with Gasteiger partial charge in [0.2, 0.25) is 5.88 Å². The molecule has 0 spiro atoms. The van der Waals surface area contributed by atoms with Crippen molar-refractivity contribution in [2.45, 2.75) is 38.6 Å². The molecular weight excluding hydrogens is 398 g/mol. The largest absolute Gasteiger partial charge is 0.414 e. The lowest BCUT2D eigenvalue weighted by atomic mass is 10.0. The summed E-state index contributed by atoms with van der Waals surface area (Å²) in [6, 6.07) is 17.4. The van der Waals surface area contributed by atoms with Gasteiger partial charge in [0, 0.05) is 10.6 Å². The molecule has 154 valence electrons. The van der Waals surface area contributed by atoms with Crippen LogP contribution in [0.1, 0.15) is 54.6 Å². The Bertz CT molecular complexity index is 1040. The molecular formula is C24H24ClN3O2. The van der Waals surface area contributed by atoms with Crippen LogP contribution in [-0.2, 0) is 6.42 Å². The van der Waals surface area contributed by atoms with Crippen LogP contribution >= 0.6 is 11.6 Å². The molecule has 4 rings (SSSR count). The maximum Gasteiger partial charge on any atom is 0.414 e. The predicted octanol–water partition coefficient (Wildman–Crippen LogP) is 6.18. The third-order valence-electron chi connectivity index (χ3n) is 5.31. The van der Waals surface area contributed by atoms with Crippen LogP contribution in [0.15, 0.2) is 54.6 Å². The lowest BCUT2D eigenvalue weighted by Crippen LogP contribution is -2.29. The Balaban J connectivity index is 1.52. The summed E-state index contributed by atoms with van der Waals surface area (Å²) < 4.78 is 5.58. The van der Waals surface area contributed by atoms with E-state index < -0.39 is 6.09 Å². The van der Waals surface area contributed by atoms with E-state index in [0.717, 1.165) is 53.6 Å². The number of fused-ring (bicyclic) bond motifs is 1. The minimum absolute atomic E-state index is 0.156. The quantitative estimate of drug-likeness (QED) is 0.494. The molecule has 0 radical (unpaired) electrons. The van der Waals surface area contributed by atoms with Gasteiger partial charge in [-0.1, -0.05) is 54.1 Å². The van der Waals surface area contributed by atoms with E-state index in [0.29, 0.717) is 10.9 Å². The summed E-state index contributed by atoms with van der Waals surface area (Å²) in [7, 11) is 0. The molecule has 5 nitrogen and oxygen atoms in total. The number of ether oxygens (including phenoxy) is 1. The van der Waals surface area contributed by atoms with Crippen LogP contribution in [0.25, 0.3) is 11.6 Å². The fourth-order valence-corrected chi connectivity index (χ4v) is 3.82. The Morgan fingerprint density at radius 3 is 2.63 bits per heavy atom. The van der Waals surface area contributed by atoms with Crippen LogP contribution in [0.2, 0.25) is 5.02 Å². The van der Waals surface area contributed by atoms with Crippen LogP contribution in [-0.4, -0.2) is 16.3 Å². The van der Waals surface area contributed by atoms with Crippen LogP contribution < -0.4 is 10.1 Å². The van der Waals surface area contributed by atoms with E-state index in [-0.39, 0.29) is 6.04 Å². The van der Waals surface area contributed by atoms with Crippen molar-refractivity contribution in [1.29, 1.82) is 0 Å². The number of H-pyrrole nitrogens is 1. The van der Waals surface area contributed by atoms with E-state index >= 15 is 0 Å². The molecule has 0 fully saturated rings. The Morgan fingerprint density at radius 2 is 1.87 bits per heavy atom. The average molecular weight is 422 g/mol. The Labute approximate surface area is 181 Å². The second-order valence-electron chi connectivity index (χ2n) is 7.48. The zero-order valence-electron chi connectivity index (χ0n) is 16.8. The Hall–Kier alpha value is -3.05. The summed E-state index contributed by atoms with van der Waals surface area (Å²) in [5, 5.41) is 11.0. The molecule has 1 amide bonds. The highest BCUT2D eigenvalue weighted by molar-refractivity contribution is 6.30. The molecule has 0 saturated heterocycles. The van der Waals surface area contributed by atoms with Crippen LogP contribution in [0.4, 0.5) is 4.79 Å². The number of nitrogens with one attached hydrogen (secondary N) is 2. The van der Waals surface area contributed by atoms with Crippen LogP contribution in [0.3, 0.4) is 0 Å². The van der Waals surface area contributed by atoms with Crippen LogP contribution in [0, 0.1) is 0 Å². The second kappa shape index (κ2) is 9.18. The van der Waals surface area contributed by atoms with Gasteiger partial charge in [0.05, 0.1) is 11.7 Å². The molecule has 0 aliphatic heterocycles. The highest BCUT2D eigenvalue weighted by Crippen LogP contribution is 2.34. The molecule has 6 heteroatoms. The number of aromatic nitrogens is 2. The molecule has 1 aliphatic carbocycles. The summed E-state index contributed by atoms with van der Waals surface area (Å²) in [4.78, 5) is 12.5. The number of aromatic amines is 1. The summed E-state index contributed by atoms with van der Waals surface area (Å²) in [5.41, 5.74) is 5.15. The molecule has 30 heavy (non-hydrogen) atoms. The van der Waals surface area contributed by atoms with Crippen molar-refractivity contribution < 1.29 is 9.53 Å². The first kappa shape index (κ1) is 20.2. The number of halogens is 1. The molecule has 3 aromatic rings. The fraction of sp³-hybridized carbons (Fsp3) is 0.250. The van der Waals surface area contributed by atoms with Crippen LogP contribution in [0.5, 0.6) is 5.88 Å². The number of nitrogens with zero attached hydrogens (tertiary/aromatic N) is 1. The van der Waals surface area contributed by atoms with Crippen molar-refractivity contribution in [3.8, 4) is 5.88 Å². The molecule has 1 aromatic heterocycles. The maximum absolute atomic E-state index is 12.5. The number of benzene rings is 2. The number of carbonyl (C=O) groups is 1. The van der Waals surface area contributed by atoms with Gasteiger partial charge in [0.25, 0.3) is 0 Å². The molecule has 1 aliphatic rings. The summed E-state index contributed by atoms with van der Waals surface area (Å²) in [6.07, 6.45) is 5.48. The highest BCUT2D eigenvalue weighted by atomic mass is 35.5. The van der Waals surface area contributed by atoms with Gasteiger partial charge in [-0.05, 0) is 67.5 Å². The highest BCUT2D eigenvalue weighted by Gasteiger charge is 2.22. The smallest absolute Gasteiger partial charge is 0.389 e. The van der Waals surface area contributed by atoms with E-state index in [1.54, 1.807) is 0 Å². The number of allylic oxidation sites excluding steroid dienone is 1. The normalized spacial score (nSPS) is 15.9. The standard InChI is InChI=1S/C24H24ClN3O2/c1-16(18-7-3-2-4-8-18)26-24(29)30-23-21-10-6-5-9-19(22(21)27-28-23)15-17-11-13-20(25)14-12-17/h2-4,7-8,11-16H,5-6,9-10H2,1H3,(H,26,29)(H,27,28)/b19-15+/t16-/m0/s1. The number of carbonyl (C=O) groups excluding carboxylic acids is 1. The zero-order valence-corrected chi connectivity index (χ0v) is 17.6. The number of amides is 1. The first-order valence-electron chi connectivity index (χ1n) is 10.2. The minimum Gasteiger partial charge on any atom is -0.389 e. The predicted molar refractivity (Wildman–Crippen MR) is 119 cm³/mol. The van der Waals surface area contributed by atoms with E-state index in [2.05, 4.69) is 21.6 Å². The number of rotatable bonds is 4. The van der Waals surface area contributed by atoms with Gasteiger partial charge in [0.1, 0.15) is 0 Å². The average Bonchev–Trinajstić information content (AvgIpc) is 3.03. The number of hydrogen-bond donors (Lipinski definition) is 2. The SMILES string of the molecule is C[C@H](NC(=O)Oc1n[nH]c2c1CCCC/C2=C\c1ccc(Cl)cc1)c1ccccc1. The summed E-state index contributed by atoms with van der Waals surface area (Å²) in [5.74, 6) is 0.353. The van der Waals surface area contributed by atoms with Gasteiger partial charge in [-0.15, -0.1) is 5.10 Å². The zero-order chi connectivity index (χ0) is 20.9. The van der Waals surface area contributed by atoms with E-state index in [1.165, 1.54) is 0 Å². The van der Waals surface area contributed by atoms with Crippen molar-refractivity contribution in [2.75, 3.05) is 0 Å². The molecule has 0 unspecified atom stereocenters. The Kier molecular flexibility index (Phi) is 6.19. The molecule has 0 bridgehead atoms. The Morgan fingerprint density at radius 1 is 1.13 bits per heavy atom. The van der Waals surface area contributed by atoms with Crippen molar-refractivity contribution in [2.24, 2.45) is 0 Å². The summed E-state index contributed by atoms with van der Waals surface area (Å²) in [6.45, 7) is 1.93. The van der Waals surface area contributed by atoms with E-state index in [9.17, 15) is 4.79 Å². The van der Waals surface area contributed by atoms with Gasteiger partial charge in [-0.25, -0.2) is 4.79 Å². The van der Waals surface area contributed by atoms with Gasteiger partial charge >= 0.3 is 6.09 Å². The summed E-state index contributed by atoms with van der Waals surface area (Å²) >= 11 is 6.00. The topological polar surface area (TPSA) is 67.0 Å². The monoisotopic (exact) mass is 421 g/mol. The van der Waals surface area contributed by atoms with Gasteiger partial charge in [-0.2, -0.15) is 0 Å². The molecule has 1 atom stereocenters. The van der Waals surface area contributed by atoms with Gasteiger partial charge in [0.15, 0.2) is 0 Å².